The van der Waals surface area contributed by atoms with E-state index >= 15 is 0 Å². The van der Waals surface area contributed by atoms with Crippen molar-refractivity contribution in [1.82, 2.24) is 10.2 Å². The fraction of sp³-hybridized carbons (Fsp3) is 0.875. The van der Waals surface area contributed by atoms with Gasteiger partial charge in [0.25, 0.3) is 0 Å². The largest absolute Gasteiger partial charge is 0.368 e. The number of amides is 2. The molecule has 0 aromatic carbocycles. The van der Waals surface area contributed by atoms with Crippen LogP contribution in [0, 0.1) is 11.8 Å². The second kappa shape index (κ2) is 8.37. The lowest BCUT2D eigenvalue weighted by Crippen LogP contribution is -2.55. The molecular formula is C16H31N3O2. The normalized spacial score (nSPS) is 24.1. The first-order valence-electron chi connectivity index (χ1n) is 8.20. The van der Waals surface area contributed by atoms with Crippen molar-refractivity contribution >= 4 is 11.8 Å². The number of nitrogens with two attached hydrogens (primary N) is 1. The molecule has 5 heteroatoms. The Morgan fingerprint density at radius 1 is 1.38 bits per heavy atom. The van der Waals surface area contributed by atoms with Crippen molar-refractivity contribution in [2.24, 2.45) is 17.6 Å². The lowest BCUT2D eigenvalue weighted by atomic mass is 9.91. The number of primary amides is 1. The van der Waals surface area contributed by atoms with Gasteiger partial charge in [-0.1, -0.05) is 40.5 Å². The van der Waals surface area contributed by atoms with Gasteiger partial charge in [0.05, 0.1) is 6.04 Å². The van der Waals surface area contributed by atoms with Gasteiger partial charge in [-0.25, -0.2) is 0 Å². The molecule has 0 aromatic heterocycles. The number of hydrogen-bond acceptors (Lipinski definition) is 3. The number of nitrogens with one attached hydrogen (secondary N) is 1. The van der Waals surface area contributed by atoms with Gasteiger partial charge < -0.3 is 16.0 Å². The summed E-state index contributed by atoms with van der Waals surface area (Å²) in [5.41, 5.74) is 5.49. The maximum atomic E-state index is 12.1. The maximum absolute atomic E-state index is 12.1. The Bertz CT molecular complexity index is 357. The molecule has 1 heterocycles. The molecule has 1 fully saturated rings. The fourth-order valence-corrected chi connectivity index (χ4v) is 2.93. The monoisotopic (exact) mass is 297 g/mol. The molecule has 1 rings (SSSR count). The molecule has 1 aliphatic heterocycles. The van der Waals surface area contributed by atoms with E-state index < -0.39 is 0 Å². The molecule has 0 aliphatic carbocycles. The zero-order valence-electron chi connectivity index (χ0n) is 13.9. The molecular weight excluding hydrogens is 266 g/mol. The van der Waals surface area contributed by atoms with E-state index in [-0.39, 0.29) is 29.8 Å². The van der Waals surface area contributed by atoms with Crippen molar-refractivity contribution in [2.75, 3.05) is 13.1 Å². The smallest absolute Gasteiger partial charge is 0.234 e. The molecule has 21 heavy (non-hydrogen) atoms. The van der Waals surface area contributed by atoms with Crippen LogP contribution >= 0.6 is 0 Å². The molecule has 3 atom stereocenters. The molecule has 0 spiro atoms. The Labute approximate surface area is 128 Å². The molecule has 0 bridgehead atoms. The van der Waals surface area contributed by atoms with E-state index in [9.17, 15) is 9.59 Å². The molecule has 1 saturated heterocycles. The molecule has 2 amide bonds. The number of unbranched alkanes of at least 4 members (excludes halogenated alkanes) is 1. The van der Waals surface area contributed by atoms with Crippen LogP contribution in [0.4, 0.5) is 0 Å². The first-order chi connectivity index (χ1) is 9.86. The highest BCUT2D eigenvalue weighted by Crippen LogP contribution is 2.19. The van der Waals surface area contributed by atoms with E-state index in [4.69, 9.17) is 5.73 Å². The van der Waals surface area contributed by atoms with Crippen molar-refractivity contribution < 1.29 is 9.59 Å². The highest BCUT2D eigenvalue weighted by molar-refractivity contribution is 5.80. The van der Waals surface area contributed by atoms with Gasteiger partial charge in [0.2, 0.25) is 11.8 Å². The molecule has 0 saturated carbocycles. The van der Waals surface area contributed by atoms with Crippen LogP contribution in [-0.2, 0) is 9.59 Å². The van der Waals surface area contributed by atoms with Crippen LogP contribution in [0.15, 0.2) is 0 Å². The van der Waals surface area contributed by atoms with Crippen molar-refractivity contribution in [3.05, 3.63) is 0 Å². The summed E-state index contributed by atoms with van der Waals surface area (Å²) in [6.45, 7) is 9.63. The third-order valence-electron chi connectivity index (χ3n) is 4.32. The van der Waals surface area contributed by atoms with Crippen molar-refractivity contribution in [3.8, 4) is 0 Å². The Morgan fingerprint density at radius 3 is 2.52 bits per heavy atom. The average molecular weight is 297 g/mol. The molecule has 0 aromatic rings. The van der Waals surface area contributed by atoms with Gasteiger partial charge in [-0.3, -0.25) is 9.59 Å². The first kappa shape index (κ1) is 18.0. The van der Waals surface area contributed by atoms with Crippen molar-refractivity contribution in [1.29, 1.82) is 0 Å². The Balaban J connectivity index is 2.54. The molecule has 122 valence electrons. The number of hydrogen-bond donors (Lipinski definition) is 2. The minimum atomic E-state index is -0.267. The number of rotatable bonds is 7. The summed E-state index contributed by atoms with van der Waals surface area (Å²) in [5, 5.41) is 3.42. The molecule has 3 N–H and O–H groups in total. The summed E-state index contributed by atoms with van der Waals surface area (Å²) in [7, 11) is 0. The zero-order chi connectivity index (χ0) is 16.0. The van der Waals surface area contributed by atoms with Crippen LogP contribution in [0.25, 0.3) is 0 Å². The van der Waals surface area contributed by atoms with Crippen LogP contribution < -0.4 is 11.1 Å². The Morgan fingerprint density at radius 2 is 2.05 bits per heavy atom. The highest BCUT2D eigenvalue weighted by Gasteiger charge is 2.31. The number of carbonyl (C=O) groups is 2. The third kappa shape index (κ3) is 5.30. The van der Waals surface area contributed by atoms with E-state index in [0.29, 0.717) is 5.92 Å². The fourth-order valence-electron chi connectivity index (χ4n) is 2.93. The summed E-state index contributed by atoms with van der Waals surface area (Å²) in [6, 6.07) is 0.0142. The van der Waals surface area contributed by atoms with Gasteiger partial charge in [-0.15, -0.1) is 0 Å². The first-order valence-corrected chi connectivity index (χ1v) is 8.20. The Kier molecular flexibility index (Phi) is 7.15. The minimum absolute atomic E-state index is 0.0460. The maximum Gasteiger partial charge on any atom is 0.234 e. The van der Waals surface area contributed by atoms with Gasteiger partial charge in [-0.05, 0) is 18.8 Å². The third-order valence-corrected chi connectivity index (χ3v) is 4.32. The van der Waals surface area contributed by atoms with Gasteiger partial charge in [0.1, 0.15) is 0 Å². The van der Waals surface area contributed by atoms with Crippen LogP contribution in [-0.4, -0.2) is 41.9 Å². The average Bonchev–Trinajstić information content (AvgIpc) is 2.43. The van der Waals surface area contributed by atoms with Crippen molar-refractivity contribution in [2.45, 2.75) is 65.5 Å². The second-order valence-corrected chi connectivity index (χ2v) is 6.58. The van der Waals surface area contributed by atoms with Crippen LogP contribution in [0.5, 0.6) is 0 Å². The van der Waals surface area contributed by atoms with Crippen LogP contribution in [0.2, 0.25) is 0 Å². The summed E-state index contributed by atoms with van der Waals surface area (Å²) in [5.74, 6) is 0.337. The Hall–Kier alpha value is -1.10. The molecule has 5 nitrogen and oxygen atoms in total. The summed E-state index contributed by atoms with van der Waals surface area (Å²) in [4.78, 5) is 25.5. The predicted octanol–water partition coefficient (Wildman–Crippen LogP) is 1.51. The molecule has 0 radical (unpaired) electrons. The van der Waals surface area contributed by atoms with E-state index in [1.807, 2.05) is 18.7 Å². The predicted molar refractivity (Wildman–Crippen MR) is 84.6 cm³/mol. The SMILES string of the molecule is CCCC[C@H](N[C@H]1CCN(C(=O)C(C)C)C[C@@H]1C)C(N)=O. The van der Waals surface area contributed by atoms with Crippen LogP contribution in [0.1, 0.15) is 53.4 Å². The van der Waals surface area contributed by atoms with E-state index in [2.05, 4.69) is 19.2 Å². The molecule has 0 unspecified atom stereocenters. The lowest BCUT2D eigenvalue weighted by molar-refractivity contribution is -0.136. The summed E-state index contributed by atoms with van der Waals surface area (Å²) >= 11 is 0. The van der Waals surface area contributed by atoms with E-state index in [1.54, 1.807) is 0 Å². The highest BCUT2D eigenvalue weighted by atomic mass is 16.2. The van der Waals surface area contributed by atoms with E-state index in [0.717, 1.165) is 38.8 Å². The summed E-state index contributed by atoms with van der Waals surface area (Å²) < 4.78 is 0. The van der Waals surface area contributed by atoms with E-state index in [1.165, 1.54) is 0 Å². The van der Waals surface area contributed by atoms with Gasteiger partial charge in [0.15, 0.2) is 0 Å². The van der Waals surface area contributed by atoms with Gasteiger partial charge in [0, 0.05) is 25.0 Å². The lowest BCUT2D eigenvalue weighted by Gasteiger charge is -2.39. The van der Waals surface area contributed by atoms with Crippen molar-refractivity contribution in [3.63, 3.8) is 0 Å². The second-order valence-electron chi connectivity index (χ2n) is 6.58. The summed E-state index contributed by atoms with van der Waals surface area (Å²) in [6.07, 6.45) is 3.74. The number of likely N-dealkylation sites (tertiary alicyclic amines) is 1. The van der Waals surface area contributed by atoms with Crippen LogP contribution in [0.3, 0.4) is 0 Å². The molecule has 1 aliphatic rings. The quantitative estimate of drug-likeness (QED) is 0.748. The number of piperidine rings is 1. The standard InChI is InChI=1S/C16H31N3O2/c1-5-6-7-14(15(17)20)18-13-8-9-19(10-12(13)4)16(21)11(2)3/h11-14,18H,5-10H2,1-4H3,(H2,17,20)/t12-,13-,14-/m0/s1. The zero-order valence-corrected chi connectivity index (χ0v) is 13.9. The minimum Gasteiger partial charge on any atom is -0.368 e. The topological polar surface area (TPSA) is 75.4 Å². The number of nitrogens with zero attached hydrogens (tertiary/aromatic N) is 1. The van der Waals surface area contributed by atoms with Gasteiger partial charge >= 0.3 is 0 Å². The number of carbonyl (C=O) groups excluding carboxylic acids is 2. The van der Waals surface area contributed by atoms with Gasteiger partial charge in [-0.2, -0.15) is 0 Å².